The third kappa shape index (κ3) is 5.74. The number of carbonyl (C=O) groups excluding carboxylic acids is 2. The van der Waals surface area contributed by atoms with Crippen molar-refractivity contribution in [3.8, 4) is 0 Å². The van der Waals surface area contributed by atoms with Crippen molar-refractivity contribution >= 4 is 46.5 Å². The van der Waals surface area contributed by atoms with E-state index in [4.69, 9.17) is 27.9 Å². The third-order valence-corrected chi connectivity index (χ3v) is 6.78. The molecule has 2 heterocycles. The molecule has 0 radical (unpaired) electrons. The van der Waals surface area contributed by atoms with E-state index in [1.54, 1.807) is 6.07 Å². The molecule has 8 heteroatoms. The monoisotopic (exact) mass is 475 g/mol. The molecule has 2 aliphatic rings. The number of benzene rings is 2. The molecule has 0 aliphatic carbocycles. The van der Waals surface area contributed by atoms with Crippen LogP contribution in [0.5, 0.6) is 0 Å². The number of ether oxygens (including phenoxy) is 1. The summed E-state index contributed by atoms with van der Waals surface area (Å²) in [4.78, 5) is 28.3. The number of hydrogen-bond donors (Lipinski definition) is 1. The number of fused-ring (bicyclic) bond motifs is 1. The van der Waals surface area contributed by atoms with Crippen LogP contribution in [0.1, 0.15) is 30.4 Å². The van der Waals surface area contributed by atoms with Crippen molar-refractivity contribution in [2.75, 3.05) is 42.9 Å². The predicted molar refractivity (Wildman–Crippen MR) is 128 cm³/mol. The Labute approximate surface area is 198 Å². The lowest BCUT2D eigenvalue weighted by Crippen LogP contribution is -2.46. The normalized spacial score (nSPS) is 16.4. The fourth-order valence-electron chi connectivity index (χ4n) is 4.14. The molecule has 0 unspecified atom stereocenters. The zero-order valence-corrected chi connectivity index (χ0v) is 19.4. The molecular formula is C24H27Cl2N3O3. The van der Waals surface area contributed by atoms with E-state index in [9.17, 15) is 9.59 Å². The highest BCUT2D eigenvalue weighted by atomic mass is 35.5. The maximum Gasteiger partial charge on any atom is 0.306 e. The summed E-state index contributed by atoms with van der Waals surface area (Å²) in [5, 5.41) is 4.05. The number of anilines is 2. The minimum absolute atomic E-state index is 0.0307. The van der Waals surface area contributed by atoms with Crippen molar-refractivity contribution in [2.24, 2.45) is 0 Å². The van der Waals surface area contributed by atoms with Gasteiger partial charge in [0.15, 0.2) is 0 Å². The molecular weight excluding hydrogens is 449 g/mol. The van der Waals surface area contributed by atoms with Gasteiger partial charge in [-0.2, -0.15) is 0 Å². The summed E-state index contributed by atoms with van der Waals surface area (Å²) in [5.74, 6) is -0.167. The van der Waals surface area contributed by atoms with Gasteiger partial charge in [0.25, 0.3) is 0 Å². The zero-order valence-electron chi connectivity index (χ0n) is 17.9. The molecule has 0 bridgehead atoms. The van der Waals surface area contributed by atoms with Crippen molar-refractivity contribution in [3.05, 3.63) is 57.6 Å². The van der Waals surface area contributed by atoms with Crippen molar-refractivity contribution < 1.29 is 14.3 Å². The summed E-state index contributed by atoms with van der Waals surface area (Å²) in [6, 6.07) is 11.6. The molecule has 2 aromatic carbocycles. The van der Waals surface area contributed by atoms with Crippen LogP contribution in [-0.2, 0) is 27.4 Å². The van der Waals surface area contributed by atoms with E-state index in [1.807, 2.05) is 30.3 Å². The summed E-state index contributed by atoms with van der Waals surface area (Å²) in [6.45, 7) is 4.66. The second-order valence-corrected chi connectivity index (χ2v) is 8.99. The number of esters is 1. The topological polar surface area (TPSA) is 61.9 Å². The number of nitrogens with one attached hydrogen (secondary N) is 1. The molecule has 2 aliphatic heterocycles. The average molecular weight is 476 g/mol. The Balaban J connectivity index is 1.16. The molecule has 2 aromatic rings. The van der Waals surface area contributed by atoms with E-state index in [2.05, 4.69) is 15.1 Å². The molecule has 1 N–H and O–H groups in total. The Morgan fingerprint density at radius 3 is 2.69 bits per heavy atom. The highest BCUT2D eigenvalue weighted by Gasteiger charge is 2.20. The van der Waals surface area contributed by atoms with Gasteiger partial charge in [0, 0.05) is 44.7 Å². The molecule has 0 spiro atoms. The fourth-order valence-corrected chi connectivity index (χ4v) is 4.56. The number of amides is 1. The van der Waals surface area contributed by atoms with Crippen LogP contribution in [0.25, 0.3) is 0 Å². The first-order chi connectivity index (χ1) is 15.5. The summed E-state index contributed by atoms with van der Waals surface area (Å²) < 4.78 is 5.43. The van der Waals surface area contributed by atoms with Gasteiger partial charge in [-0.25, -0.2) is 0 Å². The SMILES string of the molecule is O=C1CCc2ccc(COC(=O)CCCN3CCN(c4cccc(Cl)c4Cl)CC3)cc2N1. The van der Waals surface area contributed by atoms with Gasteiger partial charge in [0.2, 0.25) is 5.91 Å². The number of halogens is 2. The summed E-state index contributed by atoms with van der Waals surface area (Å²) in [7, 11) is 0. The quantitative estimate of drug-likeness (QED) is 0.596. The molecule has 1 saturated heterocycles. The summed E-state index contributed by atoms with van der Waals surface area (Å²) in [5.41, 5.74) is 3.81. The Hall–Kier alpha value is -2.28. The predicted octanol–water partition coefficient (Wildman–Crippen LogP) is 4.52. The van der Waals surface area contributed by atoms with Crippen molar-refractivity contribution in [1.82, 2.24) is 4.90 Å². The average Bonchev–Trinajstić information content (AvgIpc) is 2.80. The summed E-state index contributed by atoms with van der Waals surface area (Å²) >= 11 is 12.5. The molecule has 4 rings (SSSR count). The van der Waals surface area contributed by atoms with Gasteiger partial charge >= 0.3 is 5.97 Å². The Morgan fingerprint density at radius 1 is 1.06 bits per heavy atom. The first-order valence-electron chi connectivity index (χ1n) is 11.0. The number of aryl methyl sites for hydroxylation is 1. The van der Waals surface area contributed by atoms with Crippen LogP contribution in [0, 0.1) is 0 Å². The first-order valence-corrected chi connectivity index (χ1v) is 11.7. The van der Waals surface area contributed by atoms with Gasteiger partial charge in [-0.05, 0) is 48.7 Å². The maximum absolute atomic E-state index is 12.2. The van der Waals surface area contributed by atoms with Crippen LogP contribution in [0.2, 0.25) is 10.0 Å². The van der Waals surface area contributed by atoms with Crippen LogP contribution in [-0.4, -0.2) is 49.5 Å². The lowest BCUT2D eigenvalue weighted by atomic mass is 10.0. The summed E-state index contributed by atoms with van der Waals surface area (Å²) in [6.07, 6.45) is 2.42. The van der Waals surface area contributed by atoms with E-state index in [-0.39, 0.29) is 18.5 Å². The zero-order chi connectivity index (χ0) is 22.5. The Kier molecular flexibility index (Phi) is 7.55. The van der Waals surface area contributed by atoms with E-state index in [1.165, 1.54) is 0 Å². The Morgan fingerprint density at radius 2 is 1.88 bits per heavy atom. The van der Waals surface area contributed by atoms with Gasteiger partial charge < -0.3 is 15.0 Å². The largest absolute Gasteiger partial charge is 0.461 e. The number of nitrogens with zero attached hydrogens (tertiary/aromatic N) is 2. The van der Waals surface area contributed by atoms with Gasteiger partial charge in [0.1, 0.15) is 6.61 Å². The van der Waals surface area contributed by atoms with Gasteiger partial charge in [0.05, 0.1) is 15.7 Å². The van der Waals surface area contributed by atoms with E-state index in [0.29, 0.717) is 22.9 Å². The van der Waals surface area contributed by atoms with E-state index in [0.717, 1.165) is 68.1 Å². The van der Waals surface area contributed by atoms with Crippen LogP contribution in [0.4, 0.5) is 11.4 Å². The van der Waals surface area contributed by atoms with E-state index >= 15 is 0 Å². The van der Waals surface area contributed by atoms with Gasteiger partial charge in [-0.1, -0.05) is 41.4 Å². The van der Waals surface area contributed by atoms with Crippen LogP contribution in [0.15, 0.2) is 36.4 Å². The molecule has 1 fully saturated rings. The third-order valence-electron chi connectivity index (χ3n) is 5.97. The number of hydrogen-bond acceptors (Lipinski definition) is 5. The molecule has 0 atom stereocenters. The van der Waals surface area contributed by atoms with Gasteiger partial charge in [-0.15, -0.1) is 0 Å². The van der Waals surface area contributed by atoms with Crippen LogP contribution >= 0.6 is 23.2 Å². The first kappa shape index (κ1) is 22.9. The molecule has 170 valence electrons. The maximum atomic E-state index is 12.2. The molecule has 1 amide bonds. The van der Waals surface area contributed by atoms with Crippen LogP contribution < -0.4 is 10.2 Å². The molecule has 0 aromatic heterocycles. The van der Waals surface area contributed by atoms with Crippen molar-refractivity contribution in [2.45, 2.75) is 32.3 Å². The molecule has 32 heavy (non-hydrogen) atoms. The second kappa shape index (κ2) is 10.6. The second-order valence-electron chi connectivity index (χ2n) is 8.21. The highest BCUT2D eigenvalue weighted by Crippen LogP contribution is 2.33. The van der Waals surface area contributed by atoms with Crippen molar-refractivity contribution in [1.29, 1.82) is 0 Å². The number of piperazine rings is 1. The van der Waals surface area contributed by atoms with Crippen LogP contribution in [0.3, 0.4) is 0 Å². The number of rotatable bonds is 7. The number of carbonyl (C=O) groups is 2. The lowest BCUT2D eigenvalue weighted by molar-refractivity contribution is -0.145. The van der Waals surface area contributed by atoms with E-state index < -0.39 is 0 Å². The Bertz CT molecular complexity index is 990. The van der Waals surface area contributed by atoms with Crippen molar-refractivity contribution in [3.63, 3.8) is 0 Å². The molecule has 0 saturated carbocycles. The smallest absolute Gasteiger partial charge is 0.306 e. The highest BCUT2D eigenvalue weighted by molar-refractivity contribution is 6.43. The lowest BCUT2D eigenvalue weighted by Gasteiger charge is -2.36. The molecule has 6 nitrogen and oxygen atoms in total. The minimum atomic E-state index is -0.198. The fraction of sp³-hybridized carbons (Fsp3) is 0.417. The standard InChI is InChI=1S/C24H27Cl2N3O3/c25-19-3-1-4-21(24(19)26)29-13-11-28(12-14-29)10-2-5-23(31)32-16-17-6-7-18-8-9-22(30)27-20(18)15-17/h1,3-4,6-7,15H,2,5,8-14,16H2,(H,27,30). The van der Waals surface area contributed by atoms with Gasteiger partial charge in [-0.3, -0.25) is 14.5 Å². The minimum Gasteiger partial charge on any atom is -0.461 e.